The Kier molecular flexibility index (Phi) is 9.78. The topological polar surface area (TPSA) is 110 Å². The van der Waals surface area contributed by atoms with E-state index in [-0.39, 0.29) is 25.2 Å². The molecule has 0 amide bonds. The normalized spacial score (nSPS) is 7.86. The highest BCUT2D eigenvalue weighted by atomic mass is 16.6. The summed E-state index contributed by atoms with van der Waals surface area (Å²) in [6.45, 7) is 2.87. The molecule has 0 radical (unpaired) electrons. The number of rotatable bonds is 3. The maximum Gasteiger partial charge on any atom is 0.503 e. The summed E-state index contributed by atoms with van der Waals surface area (Å²) in [5.41, 5.74) is 0. The van der Waals surface area contributed by atoms with Crippen molar-refractivity contribution in [1.82, 2.24) is 0 Å². The van der Waals surface area contributed by atoms with Crippen LogP contribution in [0.2, 0.25) is 0 Å². The predicted octanol–water partition coefficient (Wildman–Crippen LogP) is 0.335. The number of hydrogen-bond donors (Lipinski definition) is 2. The molecule has 0 spiro atoms. The van der Waals surface area contributed by atoms with Gasteiger partial charge in [-0.25, -0.2) is 4.79 Å². The molecule has 0 heterocycles. The molecule has 0 aromatic rings. The third-order valence-electron chi connectivity index (χ3n) is 0.694. The first-order chi connectivity index (χ1) is 6.36. The molecular formula is C7H12O7. The second kappa shape index (κ2) is 9.30. The van der Waals surface area contributed by atoms with E-state index in [4.69, 9.17) is 15.0 Å². The Morgan fingerprint density at radius 1 is 0.929 bits per heavy atom. The van der Waals surface area contributed by atoms with E-state index in [2.05, 4.69) is 9.47 Å². The minimum atomic E-state index is -1.83. The Labute approximate surface area is 80.2 Å². The van der Waals surface area contributed by atoms with E-state index in [9.17, 15) is 9.59 Å². The van der Waals surface area contributed by atoms with Crippen LogP contribution in [-0.2, 0) is 19.1 Å². The zero-order valence-electron chi connectivity index (χ0n) is 7.85. The molecule has 7 heteroatoms. The van der Waals surface area contributed by atoms with Crippen LogP contribution in [0.25, 0.3) is 0 Å². The van der Waals surface area contributed by atoms with Crippen LogP contribution in [0, 0.1) is 0 Å². The minimum absolute atomic E-state index is 0.134. The number of carboxylic acid groups (broad SMARTS) is 2. The molecular weight excluding hydrogens is 196 g/mol. The highest BCUT2D eigenvalue weighted by molar-refractivity contribution is 5.66. The van der Waals surface area contributed by atoms with E-state index in [0.717, 1.165) is 0 Å². The molecule has 0 bridgehead atoms. The lowest BCUT2D eigenvalue weighted by Crippen LogP contribution is -2.09. The van der Waals surface area contributed by atoms with Crippen LogP contribution in [0.1, 0.15) is 13.8 Å². The molecule has 2 N–H and O–H groups in total. The molecule has 0 unspecified atom stereocenters. The molecule has 82 valence electrons. The fraction of sp³-hybridized carbons (Fsp3) is 0.571. The molecule has 0 aliphatic heterocycles. The summed E-state index contributed by atoms with van der Waals surface area (Å²) >= 11 is 0. The van der Waals surface area contributed by atoms with Crippen molar-refractivity contribution in [3.8, 4) is 0 Å². The van der Waals surface area contributed by atoms with Crippen molar-refractivity contribution < 1.29 is 34.1 Å². The Balaban J connectivity index is 0. The predicted molar refractivity (Wildman–Crippen MR) is 43.9 cm³/mol. The van der Waals surface area contributed by atoms with Gasteiger partial charge in [0.1, 0.15) is 13.2 Å². The van der Waals surface area contributed by atoms with Crippen LogP contribution in [0.3, 0.4) is 0 Å². The largest absolute Gasteiger partial charge is 0.503 e. The Morgan fingerprint density at radius 3 is 1.29 bits per heavy atom. The Bertz CT molecular complexity index is 178. The summed E-state index contributed by atoms with van der Waals surface area (Å²) < 4.78 is 8.95. The maximum atomic E-state index is 10.1. The van der Waals surface area contributed by atoms with Gasteiger partial charge in [0.05, 0.1) is 0 Å². The van der Waals surface area contributed by atoms with Gasteiger partial charge in [0.15, 0.2) is 0 Å². The van der Waals surface area contributed by atoms with E-state index in [0.29, 0.717) is 0 Å². The van der Waals surface area contributed by atoms with Gasteiger partial charge in [0, 0.05) is 13.8 Å². The van der Waals surface area contributed by atoms with E-state index in [1.807, 2.05) is 0 Å². The summed E-state index contributed by atoms with van der Waals surface area (Å²) in [5.74, 6) is -0.737. The lowest BCUT2D eigenvalue weighted by Gasteiger charge is -2.00. The Morgan fingerprint density at radius 2 is 1.14 bits per heavy atom. The van der Waals surface area contributed by atoms with Crippen LogP contribution >= 0.6 is 0 Å². The summed E-state index contributed by atoms with van der Waals surface area (Å²) in [6, 6.07) is 0. The first kappa shape index (κ1) is 14.7. The number of hydrogen-bond acceptors (Lipinski definition) is 5. The van der Waals surface area contributed by atoms with Crippen molar-refractivity contribution in [1.29, 1.82) is 0 Å². The average Bonchev–Trinajstić information content (AvgIpc) is 1.96. The van der Waals surface area contributed by atoms with Crippen LogP contribution in [-0.4, -0.2) is 41.5 Å². The van der Waals surface area contributed by atoms with Gasteiger partial charge in [-0.2, -0.15) is 0 Å². The molecule has 0 rings (SSSR count). The lowest BCUT2D eigenvalue weighted by atomic mass is 10.7. The van der Waals surface area contributed by atoms with Gasteiger partial charge in [0.2, 0.25) is 0 Å². The number of carbonyl (C=O) groups is 3. The highest BCUT2D eigenvalue weighted by Gasteiger charge is 1.94. The van der Waals surface area contributed by atoms with Crippen LogP contribution < -0.4 is 0 Å². The van der Waals surface area contributed by atoms with Crippen molar-refractivity contribution in [2.75, 3.05) is 13.2 Å². The zero-order chi connectivity index (χ0) is 11.6. The molecule has 7 nitrogen and oxygen atoms in total. The van der Waals surface area contributed by atoms with Crippen molar-refractivity contribution in [3.05, 3.63) is 0 Å². The average molecular weight is 208 g/mol. The van der Waals surface area contributed by atoms with Crippen molar-refractivity contribution in [3.63, 3.8) is 0 Å². The molecule has 0 aliphatic rings. The number of esters is 2. The van der Waals surface area contributed by atoms with Crippen LogP contribution in [0.15, 0.2) is 0 Å². The molecule has 0 saturated carbocycles. The Hall–Kier alpha value is -1.79. The van der Waals surface area contributed by atoms with Gasteiger partial charge >= 0.3 is 18.1 Å². The van der Waals surface area contributed by atoms with Gasteiger partial charge in [-0.05, 0) is 0 Å². The van der Waals surface area contributed by atoms with E-state index in [1.165, 1.54) is 13.8 Å². The van der Waals surface area contributed by atoms with Crippen molar-refractivity contribution >= 4 is 18.1 Å². The molecule has 0 atom stereocenters. The first-order valence-electron chi connectivity index (χ1n) is 3.55. The fourth-order valence-electron chi connectivity index (χ4n) is 0.371. The lowest BCUT2D eigenvalue weighted by molar-refractivity contribution is -0.149. The smallest absolute Gasteiger partial charge is 0.462 e. The number of ether oxygens (including phenoxy) is 2. The SMILES string of the molecule is CC(=O)OCCOC(C)=O.O=C(O)O. The van der Waals surface area contributed by atoms with Gasteiger partial charge in [-0.3, -0.25) is 9.59 Å². The summed E-state index contributed by atoms with van der Waals surface area (Å²) in [6.07, 6.45) is -1.83. The zero-order valence-corrected chi connectivity index (χ0v) is 7.85. The number of carbonyl (C=O) groups excluding carboxylic acids is 2. The second-order valence-corrected chi connectivity index (χ2v) is 1.96. The van der Waals surface area contributed by atoms with Gasteiger partial charge in [-0.15, -0.1) is 0 Å². The quantitative estimate of drug-likeness (QED) is 0.508. The van der Waals surface area contributed by atoms with Gasteiger partial charge in [-0.1, -0.05) is 0 Å². The summed E-state index contributed by atoms with van der Waals surface area (Å²) in [7, 11) is 0. The van der Waals surface area contributed by atoms with Crippen LogP contribution in [0.5, 0.6) is 0 Å². The van der Waals surface area contributed by atoms with E-state index in [1.54, 1.807) is 0 Å². The molecule has 0 aromatic carbocycles. The summed E-state index contributed by atoms with van der Waals surface area (Å²) in [4.78, 5) is 28.8. The van der Waals surface area contributed by atoms with E-state index < -0.39 is 6.16 Å². The van der Waals surface area contributed by atoms with Crippen LogP contribution in [0.4, 0.5) is 4.79 Å². The van der Waals surface area contributed by atoms with Gasteiger partial charge in [0.25, 0.3) is 0 Å². The third-order valence-corrected chi connectivity index (χ3v) is 0.694. The maximum absolute atomic E-state index is 10.1. The minimum Gasteiger partial charge on any atom is -0.462 e. The fourth-order valence-corrected chi connectivity index (χ4v) is 0.371. The monoisotopic (exact) mass is 208 g/mol. The molecule has 14 heavy (non-hydrogen) atoms. The standard InChI is InChI=1S/C6H10O4.CH2O3/c1-5(7)9-3-4-10-6(2)8;2-1(3)4/h3-4H2,1-2H3;(H2,2,3,4). The summed E-state index contributed by atoms with van der Waals surface area (Å²) in [5, 5.41) is 13.9. The van der Waals surface area contributed by atoms with Crippen molar-refractivity contribution in [2.24, 2.45) is 0 Å². The molecule has 0 fully saturated rings. The molecule has 0 aromatic heterocycles. The highest BCUT2D eigenvalue weighted by Crippen LogP contribution is 1.79. The molecule has 0 saturated heterocycles. The van der Waals surface area contributed by atoms with Gasteiger partial charge < -0.3 is 19.7 Å². The molecule has 0 aliphatic carbocycles. The van der Waals surface area contributed by atoms with E-state index >= 15 is 0 Å². The third kappa shape index (κ3) is 31.9. The van der Waals surface area contributed by atoms with Crippen molar-refractivity contribution in [2.45, 2.75) is 13.8 Å². The second-order valence-electron chi connectivity index (χ2n) is 1.96. The first-order valence-corrected chi connectivity index (χ1v) is 3.55.